The topological polar surface area (TPSA) is 84.4 Å². The fourth-order valence-corrected chi connectivity index (χ4v) is 3.62. The molecule has 23 heavy (non-hydrogen) atoms. The summed E-state index contributed by atoms with van der Waals surface area (Å²) in [4.78, 5) is 18.9. The van der Waals surface area contributed by atoms with Gasteiger partial charge in [0, 0.05) is 30.4 Å². The van der Waals surface area contributed by atoms with Crippen molar-refractivity contribution in [2.24, 2.45) is 5.92 Å². The summed E-state index contributed by atoms with van der Waals surface area (Å²) in [5.41, 5.74) is 7.24. The van der Waals surface area contributed by atoms with E-state index in [9.17, 15) is 4.79 Å². The van der Waals surface area contributed by atoms with Crippen LogP contribution in [0.4, 0.5) is 5.69 Å². The zero-order valence-electron chi connectivity index (χ0n) is 12.9. The number of benzene rings is 1. The number of piperidine rings is 1. The first-order valence-electron chi connectivity index (χ1n) is 8.02. The number of hydrogen-bond donors (Lipinski definition) is 2. The molecule has 6 nitrogen and oxygen atoms in total. The quantitative estimate of drug-likeness (QED) is 0.844. The van der Waals surface area contributed by atoms with Gasteiger partial charge in [-0.1, -0.05) is 12.1 Å². The minimum Gasteiger partial charge on any atom is -0.432 e. The monoisotopic (exact) mass is 312 g/mol. The zero-order chi connectivity index (χ0) is 15.8. The number of carbonyl (C=O) groups excluding carboxylic acids is 1. The van der Waals surface area contributed by atoms with Crippen LogP contribution in [0.25, 0.3) is 11.3 Å². The predicted octanol–water partition coefficient (Wildman–Crippen LogP) is 1.75. The van der Waals surface area contributed by atoms with E-state index < -0.39 is 0 Å². The number of anilines is 1. The summed E-state index contributed by atoms with van der Waals surface area (Å²) < 4.78 is 5.61. The summed E-state index contributed by atoms with van der Waals surface area (Å²) >= 11 is 0. The molecule has 6 heteroatoms. The molecule has 2 saturated heterocycles. The van der Waals surface area contributed by atoms with Crippen molar-refractivity contribution < 1.29 is 9.21 Å². The molecule has 2 aliphatic rings. The second-order valence-corrected chi connectivity index (χ2v) is 6.48. The Hall–Kier alpha value is -2.34. The van der Waals surface area contributed by atoms with Crippen molar-refractivity contribution in [3.63, 3.8) is 0 Å². The lowest BCUT2D eigenvalue weighted by Gasteiger charge is -2.30. The SMILES string of the molecule is Nc1cccc(-c2cnc(C(=O)N[C@@H]3C[C@H]4CCN(C4)C3)o2)c1. The highest BCUT2D eigenvalue weighted by Gasteiger charge is 2.33. The Kier molecular flexibility index (Phi) is 3.53. The Balaban J connectivity index is 1.45. The number of hydrogen-bond acceptors (Lipinski definition) is 5. The van der Waals surface area contributed by atoms with Gasteiger partial charge >= 0.3 is 5.91 Å². The Morgan fingerprint density at radius 3 is 3.13 bits per heavy atom. The number of nitrogens with zero attached hydrogens (tertiary/aromatic N) is 2. The van der Waals surface area contributed by atoms with Gasteiger partial charge in [-0.2, -0.15) is 0 Å². The first-order chi connectivity index (χ1) is 11.2. The average Bonchev–Trinajstić information content (AvgIpc) is 3.14. The maximum Gasteiger partial charge on any atom is 0.307 e. The molecule has 0 aliphatic carbocycles. The van der Waals surface area contributed by atoms with Crippen LogP contribution in [0.2, 0.25) is 0 Å². The number of nitrogens with two attached hydrogens (primary N) is 1. The summed E-state index contributed by atoms with van der Waals surface area (Å²) in [5, 5.41) is 3.05. The number of aromatic nitrogens is 1. The minimum absolute atomic E-state index is 0.107. The van der Waals surface area contributed by atoms with E-state index in [4.69, 9.17) is 10.2 Å². The molecule has 3 N–H and O–H groups in total. The van der Waals surface area contributed by atoms with E-state index in [1.807, 2.05) is 12.1 Å². The highest BCUT2D eigenvalue weighted by Crippen LogP contribution is 2.27. The Labute approximate surface area is 134 Å². The molecule has 0 saturated carbocycles. The normalized spacial score (nSPS) is 26.2. The zero-order valence-corrected chi connectivity index (χ0v) is 12.9. The van der Waals surface area contributed by atoms with Crippen LogP contribution in [0.3, 0.4) is 0 Å². The molecule has 2 aromatic rings. The number of amides is 1. The van der Waals surface area contributed by atoms with Gasteiger partial charge < -0.3 is 20.4 Å². The van der Waals surface area contributed by atoms with Gasteiger partial charge in [0.15, 0.2) is 5.76 Å². The van der Waals surface area contributed by atoms with Gasteiger partial charge in [0.05, 0.1) is 6.20 Å². The van der Waals surface area contributed by atoms with Crippen molar-refractivity contribution in [3.8, 4) is 11.3 Å². The van der Waals surface area contributed by atoms with E-state index in [0.717, 1.165) is 25.1 Å². The molecule has 1 unspecified atom stereocenters. The van der Waals surface area contributed by atoms with Crippen molar-refractivity contribution in [3.05, 3.63) is 36.4 Å². The molecule has 1 aromatic carbocycles. The largest absolute Gasteiger partial charge is 0.432 e. The predicted molar refractivity (Wildman–Crippen MR) is 86.8 cm³/mol. The van der Waals surface area contributed by atoms with Crippen molar-refractivity contribution in [2.45, 2.75) is 18.9 Å². The highest BCUT2D eigenvalue weighted by atomic mass is 16.4. The van der Waals surface area contributed by atoms with E-state index in [2.05, 4.69) is 15.2 Å². The number of rotatable bonds is 3. The van der Waals surface area contributed by atoms with Gasteiger partial charge in [-0.25, -0.2) is 4.98 Å². The molecule has 3 heterocycles. The lowest BCUT2D eigenvalue weighted by atomic mass is 9.97. The van der Waals surface area contributed by atoms with Crippen LogP contribution in [-0.2, 0) is 0 Å². The lowest BCUT2D eigenvalue weighted by molar-refractivity contribution is 0.0875. The number of fused-ring (bicyclic) bond motifs is 2. The van der Waals surface area contributed by atoms with Gasteiger partial charge in [-0.15, -0.1) is 0 Å². The van der Waals surface area contributed by atoms with Crippen molar-refractivity contribution >= 4 is 11.6 Å². The number of nitrogen functional groups attached to an aromatic ring is 1. The molecule has 120 valence electrons. The van der Waals surface area contributed by atoms with Crippen LogP contribution in [0, 0.1) is 5.92 Å². The van der Waals surface area contributed by atoms with E-state index in [0.29, 0.717) is 17.4 Å². The smallest absolute Gasteiger partial charge is 0.307 e. The third-order valence-electron chi connectivity index (χ3n) is 4.67. The van der Waals surface area contributed by atoms with Gasteiger partial charge in [0.2, 0.25) is 0 Å². The lowest BCUT2D eigenvalue weighted by Crippen LogP contribution is -2.47. The molecule has 0 radical (unpaired) electrons. The third kappa shape index (κ3) is 2.94. The molecular formula is C17H20N4O2. The van der Waals surface area contributed by atoms with E-state index >= 15 is 0 Å². The molecule has 3 atom stereocenters. The first kappa shape index (κ1) is 14.3. The van der Waals surface area contributed by atoms with Crippen LogP contribution in [0.1, 0.15) is 23.5 Å². The van der Waals surface area contributed by atoms with Crippen LogP contribution in [0.5, 0.6) is 0 Å². The maximum absolute atomic E-state index is 12.3. The standard InChI is InChI=1S/C17H20N4O2/c18-13-3-1-2-12(7-13)15-8-19-17(23-15)16(22)20-14-6-11-4-5-21(9-11)10-14/h1-3,7-8,11,14H,4-6,9-10,18H2,(H,20,22)/t11-,14-/m1/s1. The van der Waals surface area contributed by atoms with Gasteiger partial charge in [0.25, 0.3) is 5.89 Å². The molecule has 2 bridgehead atoms. The van der Waals surface area contributed by atoms with Gasteiger partial charge in [-0.3, -0.25) is 4.79 Å². The molecule has 4 rings (SSSR count). The van der Waals surface area contributed by atoms with Crippen LogP contribution >= 0.6 is 0 Å². The summed E-state index contributed by atoms with van der Waals surface area (Å²) in [6.45, 7) is 3.24. The molecule has 1 aromatic heterocycles. The van der Waals surface area contributed by atoms with Gasteiger partial charge in [-0.05, 0) is 37.4 Å². The first-order valence-corrected chi connectivity index (χ1v) is 8.02. The summed E-state index contributed by atoms with van der Waals surface area (Å²) in [6, 6.07) is 7.52. The van der Waals surface area contributed by atoms with Crippen molar-refractivity contribution in [1.82, 2.24) is 15.2 Å². The Bertz CT molecular complexity index is 715. The van der Waals surface area contributed by atoms with Crippen LogP contribution in [0.15, 0.2) is 34.9 Å². The molecular weight excluding hydrogens is 292 g/mol. The Morgan fingerprint density at radius 1 is 1.39 bits per heavy atom. The van der Waals surface area contributed by atoms with Crippen LogP contribution in [-0.4, -0.2) is 41.5 Å². The van der Waals surface area contributed by atoms with E-state index in [1.165, 1.54) is 13.0 Å². The summed E-state index contributed by atoms with van der Waals surface area (Å²) in [5.74, 6) is 1.12. The van der Waals surface area contributed by atoms with Crippen LogP contribution < -0.4 is 11.1 Å². The summed E-state index contributed by atoms with van der Waals surface area (Å²) in [6.07, 6.45) is 3.85. The van der Waals surface area contributed by atoms with E-state index in [1.54, 1.807) is 18.3 Å². The Morgan fingerprint density at radius 2 is 2.30 bits per heavy atom. The minimum atomic E-state index is -0.243. The number of nitrogens with one attached hydrogen (secondary N) is 1. The number of oxazole rings is 1. The van der Waals surface area contributed by atoms with E-state index in [-0.39, 0.29) is 17.8 Å². The summed E-state index contributed by atoms with van der Waals surface area (Å²) in [7, 11) is 0. The average molecular weight is 312 g/mol. The fraction of sp³-hybridized carbons (Fsp3) is 0.412. The highest BCUT2D eigenvalue weighted by molar-refractivity contribution is 5.90. The fourth-order valence-electron chi connectivity index (χ4n) is 3.62. The molecule has 0 spiro atoms. The van der Waals surface area contributed by atoms with Gasteiger partial charge in [0.1, 0.15) is 0 Å². The second kappa shape index (κ2) is 5.70. The number of carbonyl (C=O) groups is 1. The second-order valence-electron chi connectivity index (χ2n) is 6.48. The van der Waals surface area contributed by atoms with Crippen molar-refractivity contribution in [2.75, 3.05) is 25.4 Å². The van der Waals surface area contributed by atoms with Crippen molar-refractivity contribution in [1.29, 1.82) is 0 Å². The third-order valence-corrected chi connectivity index (χ3v) is 4.67. The molecule has 2 aliphatic heterocycles. The molecule has 2 fully saturated rings. The maximum atomic E-state index is 12.3. The molecule has 1 amide bonds.